The summed E-state index contributed by atoms with van der Waals surface area (Å²) >= 11 is 1.70. The van der Waals surface area contributed by atoms with Crippen LogP contribution in [0.4, 0.5) is 11.8 Å². The molecule has 20 heavy (non-hydrogen) atoms. The van der Waals surface area contributed by atoms with Crippen LogP contribution >= 0.6 is 11.3 Å². The molecule has 0 atom stereocenters. The van der Waals surface area contributed by atoms with E-state index in [4.69, 9.17) is 5.84 Å². The molecule has 6 heteroatoms. The minimum atomic E-state index is 0.0570. The number of anilines is 2. The molecule has 1 aliphatic rings. The fourth-order valence-corrected chi connectivity index (χ4v) is 3.48. The maximum absolute atomic E-state index is 5.49. The number of aromatic nitrogens is 2. The van der Waals surface area contributed by atoms with E-state index in [1.807, 2.05) is 0 Å². The molecule has 3 rings (SSSR count). The zero-order valence-corrected chi connectivity index (χ0v) is 13.0. The molecule has 2 aromatic rings. The van der Waals surface area contributed by atoms with E-state index < -0.39 is 0 Å². The Morgan fingerprint density at radius 3 is 2.75 bits per heavy atom. The summed E-state index contributed by atoms with van der Waals surface area (Å²) in [6.45, 7) is 6.63. The van der Waals surface area contributed by atoms with Gasteiger partial charge in [-0.05, 0) is 45.1 Å². The van der Waals surface area contributed by atoms with E-state index in [0.29, 0.717) is 5.95 Å². The average molecular weight is 291 g/mol. The van der Waals surface area contributed by atoms with E-state index in [1.165, 1.54) is 17.7 Å². The van der Waals surface area contributed by atoms with Gasteiger partial charge in [0.1, 0.15) is 10.6 Å². The first-order valence-electron chi connectivity index (χ1n) is 7.08. The van der Waals surface area contributed by atoms with Crippen molar-refractivity contribution in [1.82, 2.24) is 9.97 Å². The normalized spacial score (nSPS) is 15.6. The summed E-state index contributed by atoms with van der Waals surface area (Å²) < 4.78 is 0. The summed E-state index contributed by atoms with van der Waals surface area (Å²) in [4.78, 5) is 11.3. The Bertz CT molecular complexity index is 630. The summed E-state index contributed by atoms with van der Waals surface area (Å²) in [5, 5.41) is 4.69. The van der Waals surface area contributed by atoms with Crippen LogP contribution in [0.3, 0.4) is 0 Å². The Hall–Kier alpha value is -1.40. The molecule has 2 heterocycles. The van der Waals surface area contributed by atoms with Crippen LogP contribution in [0.15, 0.2) is 6.07 Å². The maximum atomic E-state index is 5.49. The van der Waals surface area contributed by atoms with Crippen molar-refractivity contribution in [3.63, 3.8) is 0 Å². The summed E-state index contributed by atoms with van der Waals surface area (Å²) in [6.07, 6.45) is 3.60. The molecule has 2 aromatic heterocycles. The number of hydrazine groups is 1. The highest BCUT2D eigenvalue weighted by Gasteiger charge is 2.38. The minimum Gasteiger partial charge on any atom is -0.364 e. The van der Waals surface area contributed by atoms with Gasteiger partial charge in [-0.1, -0.05) is 6.92 Å². The van der Waals surface area contributed by atoms with E-state index in [9.17, 15) is 0 Å². The lowest BCUT2D eigenvalue weighted by molar-refractivity contribution is 0.493. The van der Waals surface area contributed by atoms with E-state index in [0.717, 1.165) is 28.4 Å². The number of aryl methyl sites for hydroxylation is 1. The van der Waals surface area contributed by atoms with Crippen LogP contribution in [0.2, 0.25) is 0 Å². The van der Waals surface area contributed by atoms with Crippen LogP contribution in [-0.4, -0.2) is 15.5 Å². The van der Waals surface area contributed by atoms with Crippen molar-refractivity contribution in [1.29, 1.82) is 0 Å². The maximum Gasteiger partial charge on any atom is 0.240 e. The smallest absolute Gasteiger partial charge is 0.240 e. The second-order valence-corrected chi connectivity index (χ2v) is 7.06. The summed E-state index contributed by atoms with van der Waals surface area (Å²) in [5.74, 6) is 7.57. The standard InChI is InChI=1S/C14H21N5S/c1-4-9-7-10-11(18-14(2,3)8-5-6-8)16-13(19-15)17-12(10)20-9/h7-8H,4-6,15H2,1-3H3,(H2,16,17,18,19). The van der Waals surface area contributed by atoms with Crippen molar-refractivity contribution in [2.24, 2.45) is 11.8 Å². The molecule has 108 valence electrons. The zero-order chi connectivity index (χ0) is 14.3. The SMILES string of the molecule is CCc1cc2c(NC(C)(C)C3CC3)nc(NN)nc2s1. The van der Waals surface area contributed by atoms with Gasteiger partial charge in [0.2, 0.25) is 5.95 Å². The molecule has 0 bridgehead atoms. The van der Waals surface area contributed by atoms with Crippen molar-refractivity contribution in [3.8, 4) is 0 Å². The fourth-order valence-electron chi connectivity index (χ4n) is 2.52. The van der Waals surface area contributed by atoms with E-state index >= 15 is 0 Å². The number of hydrogen-bond acceptors (Lipinski definition) is 6. The molecule has 5 nitrogen and oxygen atoms in total. The predicted molar refractivity (Wildman–Crippen MR) is 85.0 cm³/mol. The van der Waals surface area contributed by atoms with Crippen molar-refractivity contribution in [2.75, 3.05) is 10.7 Å². The molecule has 0 aromatic carbocycles. The number of thiophene rings is 1. The number of nitrogens with one attached hydrogen (secondary N) is 2. The van der Waals surface area contributed by atoms with Crippen LogP contribution in [0.25, 0.3) is 10.2 Å². The highest BCUT2D eigenvalue weighted by Crippen LogP contribution is 2.42. The molecule has 1 fully saturated rings. The molecular formula is C14H21N5S. The summed E-state index contributed by atoms with van der Waals surface area (Å²) in [5.41, 5.74) is 2.62. The zero-order valence-electron chi connectivity index (χ0n) is 12.2. The van der Waals surface area contributed by atoms with Crippen molar-refractivity contribution in [3.05, 3.63) is 10.9 Å². The first-order chi connectivity index (χ1) is 9.53. The molecule has 1 aliphatic carbocycles. The summed E-state index contributed by atoms with van der Waals surface area (Å²) in [7, 11) is 0. The van der Waals surface area contributed by atoms with Crippen molar-refractivity contribution >= 4 is 33.3 Å². The van der Waals surface area contributed by atoms with Crippen LogP contribution in [0.1, 0.15) is 38.5 Å². The third-order valence-electron chi connectivity index (χ3n) is 3.96. The molecule has 0 saturated heterocycles. The van der Waals surface area contributed by atoms with Crippen LogP contribution < -0.4 is 16.6 Å². The molecular weight excluding hydrogens is 270 g/mol. The largest absolute Gasteiger partial charge is 0.364 e. The van der Waals surface area contributed by atoms with Crippen LogP contribution in [0.5, 0.6) is 0 Å². The van der Waals surface area contributed by atoms with Crippen LogP contribution in [-0.2, 0) is 6.42 Å². The predicted octanol–water partition coefficient (Wildman–Crippen LogP) is 3.14. The van der Waals surface area contributed by atoms with E-state index in [-0.39, 0.29) is 5.54 Å². The van der Waals surface area contributed by atoms with Gasteiger partial charge in [0.15, 0.2) is 0 Å². The van der Waals surface area contributed by atoms with Gasteiger partial charge in [-0.15, -0.1) is 11.3 Å². The van der Waals surface area contributed by atoms with Gasteiger partial charge in [-0.3, -0.25) is 5.43 Å². The minimum absolute atomic E-state index is 0.0570. The van der Waals surface area contributed by atoms with Gasteiger partial charge in [0.05, 0.1) is 5.39 Å². The number of rotatable bonds is 5. The third-order valence-corrected chi connectivity index (χ3v) is 5.13. The van der Waals surface area contributed by atoms with Gasteiger partial charge >= 0.3 is 0 Å². The lowest BCUT2D eigenvalue weighted by atomic mass is 9.99. The second-order valence-electron chi connectivity index (χ2n) is 5.95. The number of nitrogens with two attached hydrogens (primary N) is 1. The monoisotopic (exact) mass is 291 g/mol. The molecule has 4 N–H and O–H groups in total. The second kappa shape index (κ2) is 4.86. The van der Waals surface area contributed by atoms with Gasteiger partial charge < -0.3 is 5.32 Å². The summed E-state index contributed by atoms with van der Waals surface area (Å²) in [6, 6.07) is 2.19. The van der Waals surface area contributed by atoms with Crippen molar-refractivity contribution < 1.29 is 0 Å². The van der Waals surface area contributed by atoms with E-state index in [1.54, 1.807) is 11.3 Å². The number of hydrogen-bond donors (Lipinski definition) is 3. The fraction of sp³-hybridized carbons (Fsp3) is 0.571. The number of nitrogen functional groups attached to an aromatic ring is 1. The highest BCUT2D eigenvalue weighted by atomic mass is 32.1. The topological polar surface area (TPSA) is 75.9 Å². The first-order valence-corrected chi connectivity index (χ1v) is 7.90. The van der Waals surface area contributed by atoms with E-state index in [2.05, 4.69) is 47.5 Å². The molecule has 0 radical (unpaired) electrons. The Kier molecular flexibility index (Phi) is 3.30. The van der Waals surface area contributed by atoms with Gasteiger partial charge in [0.25, 0.3) is 0 Å². The lowest BCUT2D eigenvalue weighted by Crippen LogP contribution is -2.34. The number of nitrogens with zero attached hydrogens (tertiary/aromatic N) is 2. The van der Waals surface area contributed by atoms with Gasteiger partial charge in [-0.2, -0.15) is 4.98 Å². The Labute approximate surface area is 123 Å². The molecule has 0 aliphatic heterocycles. The van der Waals surface area contributed by atoms with Crippen molar-refractivity contribution in [2.45, 2.75) is 45.6 Å². The Morgan fingerprint density at radius 1 is 1.40 bits per heavy atom. The molecule has 0 spiro atoms. The quantitative estimate of drug-likeness (QED) is 0.583. The average Bonchev–Trinajstić information content (AvgIpc) is 3.19. The van der Waals surface area contributed by atoms with Crippen LogP contribution in [0, 0.1) is 5.92 Å². The van der Waals surface area contributed by atoms with Gasteiger partial charge in [0, 0.05) is 10.4 Å². The third kappa shape index (κ3) is 2.45. The number of fused-ring (bicyclic) bond motifs is 1. The van der Waals surface area contributed by atoms with Gasteiger partial charge in [-0.25, -0.2) is 10.8 Å². The molecule has 0 amide bonds. The molecule has 1 saturated carbocycles. The molecule has 0 unspecified atom stereocenters. The first kappa shape index (κ1) is 13.6. The Balaban J connectivity index is 2.04. The lowest BCUT2D eigenvalue weighted by Gasteiger charge is -2.27. The highest BCUT2D eigenvalue weighted by molar-refractivity contribution is 7.18. The Morgan fingerprint density at radius 2 is 2.15 bits per heavy atom.